The number of fused-ring (bicyclic) bond motifs is 5. The van der Waals surface area contributed by atoms with Crippen molar-refractivity contribution in [2.24, 2.45) is 28.6 Å². The normalized spacial score (nSPS) is 36.3. The molecule has 4 rings (SSSR count). The van der Waals surface area contributed by atoms with Gasteiger partial charge in [0.1, 0.15) is 5.57 Å². The number of nitrogens with one attached hydrogen (secondary N) is 1. The maximum Gasteiger partial charge on any atom is 0.324 e. The number of likely N-dealkylation sites (N-methyl/N-ethyl adjacent to an activating group) is 1. The summed E-state index contributed by atoms with van der Waals surface area (Å²) in [6.45, 7) is 8.69. The van der Waals surface area contributed by atoms with Crippen LogP contribution in [0.2, 0.25) is 0 Å². The summed E-state index contributed by atoms with van der Waals surface area (Å²) in [4.78, 5) is 45.8. The number of carbonyl (C=O) groups excluding carboxylic acids is 3. The van der Waals surface area contributed by atoms with Crippen molar-refractivity contribution < 1.29 is 14.4 Å². The fraction of sp³-hybridized carbons (Fsp3) is 0.821. The number of amides is 4. The fourth-order valence-electron chi connectivity index (χ4n) is 8.28. The highest BCUT2D eigenvalue weighted by Crippen LogP contribution is 2.64. The zero-order chi connectivity index (χ0) is 25.5. The number of hydrogen-bond donors (Lipinski definition) is 1. The van der Waals surface area contributed by atoms with Gasteiger partial charge in [0.2, 0.25) is 0 Å². The number of urea groups is 1. The highest BCUT2D eigenvalue weighted by molar-refractivity contribution is 6.22. The zero-order valence-corrected chi connectivity index (χ0v) is 22.7. The van der Waals surface area contributed by atoms with Gasteiger partial charge in [0, 0.05) is 25.6 Å². The SMILES string of the molecule is CCN(CCCN(C)C)C(=O)C1=C[C@@]2(C)C(CC[C@@H]3[C@H]2CC[C@]2(C)CCC[C@@H]32)N(C(=O)NC)C1=O. The van der Waals surface area contributed by atoms with E-state index in [9.17, 15) is 14.4 Å². The van der Waals surface area contributed by atoms with E-state index in [0.29, 0.717) is 30.3 Å². The first kappa shape index (κ1) is 26.2. The van der Waals surface area contributed by atoms with Gasteiger partial charge in [0.15, 0.2) is 0 Å². The second-order valence-corrected chi connectivity index (χ2v) is 12.3. The van der Waals surface area contributed by atoms with Gasteiger partial charge in [0.05, 0.1) is 6.04 Å². The molecule has 35 heavy (non-hydrogen) atoms. The van der Waals surface area contributed by atoms with Crippen LogP contribution in [0.5, 0.6) is 0 Å². The van der Waals surface area contributed by atoms with Gasteiger partial charge in [-0.2, -0.15) is 0 Å². The summed E-state index contributed by atoms with van der Waals surface area (Å²) in [6, 6.07) is -0.581. The lowest BCUT2D eigenvalue weighted by Gasteiger charge is -2.60. The van der Waals surface area contributed by atoms with Crippen LogP contribution >= 0.6 is 0 Å². The van der Waals surface area contributed by atoms with Crippen molar-refractivity contribution in [3.8, 4) is 0 Å². The Balaban J connectivity index is 1.70. The predicted molar refractivity (Wildman–Crippen MR) is 138 cm³/mol. The molecule has 7 heteroatoms. The van der Waals surface area contributed by atoms with E-state index in [-0.39, 0.29) is 29.0 Å². The molecule has 4 aliphatic rings. The molecule has 1 N–H and O–H groups in total. The van der Waals surface area contributed by atoms with Crippen molar-refractivity contribution in [1.82, 2.24) is 20.0 Å². The number of nitrogens with zero attached hydrogens (tertiary/aromatic N) is 3. The summed E-state index contributed by atoms with van der Waals surface area (Å²) < 4.78 is 0. The third-order valence-electron chi connectivity index (χ3n) is 10.1. The standard InChI is InChI=1S/C28H46N4O3/c1-7-31(17-9-16-30(5)6)24(33)20-18-28(3)22-13-15-27(2)14-8-10-21(27)19(22)11-12-23(28)32(25(20)34)26(35)29-4/h18-19,21-23H,7-17H2,1-6H3,(H,29,35)/t19-,21-,22+,23?,27-,28+/m0/s1. The molecule has 0 radical (unpaired) electrons. The van der Waals surface area contributed by atoms with Gasteiger partial charge in [0.25, 0.3) is 11.8 Å². The predicted octanol–water partition coefficient (Wildman–Crippen LogP) is 3.90. The highest BCUT2D eigenvalue weighted by atomic mass is 16.2. The Morgan fingerprint density at radius 1 is 1.09 bits per heavy atom. The van der Waals surface area contributed by atoms with E-state index in [2.05, 4.69) is 24.1 Å². The second-order valence-electron chi connectivity index (χ2n) is 12.3. The summed E-state index contributed by atoms with van der Waals surface area (Å²) in [5.41, 5.74) is 0.254. The van der Waals surface area contributed by atoms with E-state index >= 15 is 0 Å². The lowest BCUT2D eigenvalue weighted by Crippen LogP contribution is -2.64. The molecule has 196 valence electrons. The van der Waals surface area contributed by atoms with Crippen molar-refractivity contribution in [2.45, 2.75) is 78.2 Å². The minimum atomic E-state index is -0.428. The van der Waals surface area contributed by atoms with Crippen LogP contribution < -0.4 is 5.32 Å². The van der Waals surface area contributed by atoms with Crippen LogP contribution in [0.25, 0.3) is 0 Å². The molecule has 4 amide bonds. The van der Waals surface area contributed by atoms with Crippen LogP contribution in [0.3, 0.4) is 0 Å². The summed E-state index contributed by atoms with van der Waals surface area (Å²) in [5, 5.41) is 2.69. The molecule has 3 aliphatic carbocycles. The van der Waals surface area contributed by atoms with Gasteiger partial charge in [-0.05, 0) is 95.7 Å². The first-order valence-electron chi connectivity index (χ1n) is 13.8. The quantitative estimate of drug-likeness (QED) is 0.578. The average Bonchev–Trinajstić information content (AvgIpc) is 3.22. The van der Waals surface area contributed by atoms with E-state index < -0.39 is 5.91 Å². The Kier molecular flexibility index (Phi) is 7.38. The largest absolute Gasteiger partial charge is 0.341 e. The molecule has 6 atom stereocenters. The van der Waals surface area contributed by atoms with E-state index in [1.165, 1.54) is 30.6 Å². The smallest absolute Gasteiger partial charge is 0.324 e. The topological polar surface area (TPSA) is 73.0 Å². The average molecular weight is 487 g/mol. The third-order valence-corrected chi connectivity index (χ3v) is 10.1. The van der Waals surface area contributed by atoms with Crippen molar-refractivity contribution in [3.63, 3.8) is 0 Å². The summed E-state index contributed by atoms with van der Waals surface area (Å²) >= 11 is 0. The Bertz CT molecular complexity index is 885. The molecule has 0 aromatic carbocycles. The zero-order valence-electron chi connectivity index (χ0n) is 22.7. The summed E-state index contributed by atoms with van der Waals surface area (Å²) in [5.74, 6) is 1.06. The molecule has 1 unspecified atom stereocenters. The molecule has 7 nitrogen and oxygen atoms in total. The minimum Gasteiger partial charge on any atom is -0.341 e. The van der Waals surface area contributed by atoms with E-state index in [1.807, 2.05) is 27.1 Å². The first-order chi connectivity index (χ1) is 16.6. The number of rotatable bonds is 6. The van der Waals surface area contributed by atoms with E-state index in [0.717, 1.165) is 38.1 Å². The van der Waals surface area contributed by atoms with Crippen LogP contribution in [0.4, 0.5) is 4.79 Å². The summed E-state index contributed by atoms with van der Waals surface area (Å²) in [6.07, 6.45) is 11.0. The molecule has 1 aliphatic heterocycles. The van der Waals surface area contributed by atoms with Crippen molar-refractivity contribution in [1.29, 1.82) is 0 Å². The maximum absolute atomic E-state index is 13.7. The lowest BCUT2D eigenvalue weighted by molar-refractivity contribution is -0.141. The Labute approximate surface area is 211 Å². The second kappa shape index (κ2) is 9.87. The molecule has 0 saturated heterocycles. The van der Waals surface area contributed by atoms with Crippen LogP contribution in [0, 0.1) is 28.6 Å². The van der Waals surface area contributed by atoms with Crippen LogP contribution in [0.15, 0.2) is 11.6 Å². The molecule has 0 aromatic heterocycles. The van der Waals surface area contributed by atoms with Crippen molar-refractivity contribution in [3.05, 3.63) is 11.6 Å². The molecule has 3 saturated carbocycles. The third kappa shape index (κ3) is 4.42. The minimum absolute atomic E-state index is 0.192. The van der Waals surface area contributed by atoms with Gasteiger partial charge in [-0.15, -0.1) is 0 Å². The van der Waals surface area contributed by atoms with Crippen LogP contribution in [-0.4, -0.2) is 79.4 Å². The van der Waals surface area contributed by atoms with Crippen molar-refractivity contribution in [2.75, 3.05) is 40.8 Å². The van der Waals surface area contributed by atoms with E-state index in [1.54, 1.807) is 11.9 Å². The monoisotopic (exact) mass is 486 g/mol. The van der Waals surface area contributed by atoms with Gasteiger partial charge < -0.3 is 15.1 Å². The van der Waals surface area contributed by atoms with Gasteiger partial charge in [-0.25, -0.2) is 4.79 Å². The van der Waals surface area contributed by atoms with Crippen LogP contribution in [0.1, 0.15) is 72.1 Å². The Hall–Kier alpha value is -1.89. The van der Waals surface area contributed by atoms with E-state index in [4.69, 9.17) is 0 Å². The maximum atomic E-state index is 13.7. The Morgan fingerprint density at radius 3 is 2.49 bits per heavy atom. The number of hydrogen-bond acceptors (Lipinski definition) is 4. The molecular formula is C28H46N4O3. The molecule has 3 fully saturated rings. The highest BCUT2D eigenvalue weighted by Gasteiger charge is 2.60. The first-order valence-corrected chi connectivity index (χ1v) is 13.8. The molecule has 0 aromatic rings. The molecule has 0 spiro atoms. The van der Waals surface area contributed by atoms with Gasteiger partial charge >= 0.3 is 6.03 Å². The molecular weight excluding hydrogens is 440 g/mol. The Morgan fingerprint density at radius 2 is 1.83 bits per heavy atom. The van der Waals surface area contributed by atoms with Gasteiger partial charge in [-0.3, -0.25) is 14.5 Å². The van der Waals surface area contributed by atoms with Crippen LogP contribution in [-0.2, 0) is 9.59 Å². The number of carbonyl (C=O) groups is 3. The lowest BCUT2D eigenvalue weighted by atomic mass is 9.48. The fourth-order valence-corrected chi connectivity index (χ4v) is 8.28. The number of imide groups is 1. The summed E-state index contributed by atoms with van der Waals surface area (Å²) in [7, 11) is 5.61. The molecule has 0 bridgehead atoms. The van der Waals surface area contributed by atoms with Gasteiger partial charge in [-0.1, -0.05) is 26.3 Å². The molecule has 1 heterocycles. The van der Waals surface area contributed by atoms with Crippen molar-refractivity contribution >= 4 is 17.8 Å².